The predicted octanol–water partition coefficient (Wildman–Crippen LogP) is 3.84. The smallest absolute Gasteiger partial charge is 0.213 e. The summed E-state index contributed by atoms with van der Waals surface area (Å²) in [6.07, 6.45) is 1.69. The summed E-state index contributed by atoms with van der Waals surface area (Å²) in [4.78, 5) is 8.45. The fourth-order valence-electron chi connectivity index (χ4n) is 1.74. The van der Waals surface area contributed by atoms with Crippen molar-refractivity contribution in [1.29, 1.82) is 0 Å². The van der Waals surface area contributed by atoms with Gasteiger partial charge in [-0.1, -0.05) is 23.2 Å². The molecule has 0 fully saturated rings. The molecule has 0 spiro atoms. The Hall–Kier alpha value is -1.72. The Morgan fingerprint density at radius 3 is 2.52 bits per heavy atom. The molecule has 0 aliphatic carbocycles. The van der Waals surface area contributed by atoms with Gasteiger partial charge in [-0.05, 0) is 24.6 Å². The summed E-state index contributed by atoms with van der Waals surface area (Å²) in [7, 11) is 1.58. The van der Waals surface area contributed by atoms with Gasteiger partial charge in [-0.3, -0.25) is 0 Å². The Bertz CT molecular complexity index is 622. The van der Waals surface area contributed by atoms with Crippen molar-refractivity contribution in [2.75, 3.05) is 24.3 Å². The molecule has 5 nitrogen and oxygen atoms in total. The largest absolute Gasteiger partial charge is 0.481 e. The van der Waals surface area contributed by atoms with Crippen molar-refractivity contribution < 1.29 is 4.74 Å². The molecule has 0 unspecified atom stereocenters. The van der Waals surface area contributed by atoms with Gasteiger partial charge in [0.05, 0.1) is 17.2 Å². The zero-order chi connectivity index (χ0) is 15.2. The number of nitrogens with one attached hydrogen (secondary N) is 2. The standard InChI is InChI=1S/C14H16Cl2N4O/c1-3-17-13-10(15)7-11(16)14(20-13)19-8-9-4-5-18-12(6-9)21-2/h4-7H,3,8H2,1-2H3,(H2,17,19,20). The molecule has 0 radical (unpaired) electrons. The molecule has 7 heteroatoms. The maximum absolute atomic E-state index is 6.15. The van der Waals surface area contributed by atoms with E-state index in [1.807, 2.05) is 19.1 Å². The molecule has 2 aromatic rings. The van der Waals surface area contributed by atoms with Crippen molar-refractivity contribution in [3.8, 4) is 5.88 Å². The van der Waals surface area contributed by atoms with E-state index in [2.05, 4.69) is 20.6 Å². The van der Waals surface area contributed by atoms with Crippen LogP contribution in [0.15, 0.2) is 24.4 Å². The summed E-state index contributed by atoms with van der Waals surface area (Å²) in [5.74, 6) is 1.75. The number of nitrogens with zero attached hydrogens (tertiary/aromatic N) is 2. The van der Waals surface area contributed by atoms with Crippen LogP contribution in [0.4, 0.5) is 11.6 Å². The Morgan fingerprint density at radius 2 is 1.86 bits per heavy atom. The van der Waals surface area contributed by atoms with Gasteiger partial charge in [0.1, 0.15) is 11.6 Å². The molecule has 21 heavy (non-hydrogen) atoms. The summed E-state index contributed by atoms with van der Waals surface area (Å²) < 4.78 is 5.09. The second-order valence-corrected chi connectivity index (χ2v) is 5.05. The van der Waals surface area contributed by atoms with E-state index in [-0.39, 0.29) is 0 Å². The van der Waals surface area contributed by atoms with E-state index in [1.54, 1.807) is 19.4 Å². The third-order valence-electron chi connectivity index (χ3n) is 2.74. The highest BCUT2D eigenvalue weighted by Gasteiger charge is 2.09. The van der Waals surface area contributed by atoms with Crippen LogP contribution in [0.5, 0.6) is 5.88 Å². The molecule has 0 amide bonds. The number of rotatable bonds is 6. The summed E-state index contributed by atoms with van der Waals surface area (Å²) in [6, 6.07) is 5.41. The van der Waals surface area contributed by atoms with Crippen LogP contribution >= 0.6 is 23.2 Å². The summed E-state index contributed by atoms with van der Waals surface area (Å²) in [5, 5.41) is 7.24. The second-order valence-electron chi connectivity index (χ2n) is 4.24. The lowest BCUT2D eigenvalue weighted by atomic mass is 10.2. The molecule has 2 rings (SSSR count). The lowest BCUT2D eigenvalue weighted by Crippen LogP contribution is -2.06. The maximum Gasteiger partial charge on any atom is 0.213 e. The molecule has 0 aliphatic heterocycles. The first-order chi connectivity index (χ1) is 10.1. The van der Waals surface area contributed by atoms with Crippen LogP contribution in [0.25, 0.3) is 0 Å². The van der Waals surface area contributed by atoms with Gasteiger partial charge in [0, 0.05) is 25.4 Å². The first-order valence-corrected chi connectivity index (χ1v) is 7.22. The van der Waals surface area contributed by atoms with Crippen molar-refractivity contribution >= 4 is 34.8 Å². The second kappa shape index (κ2) is 7.33. The summed E-state index contributed by atoms with van der Waals surface area (Å²) >= 11 is 12.2. The van der Waals surface area contributed by atoms with E-state index in [0.29, 0.717) is 34.1 Å². The van der Waals surface area contributed by atoms with Crippen LogP contribution in [0.2, 0.25) is 10.0 Å². The van der Waals surface area contributed by atoms with Gasteiger partial charge >= 0.3 is 0 Å². The van der Waals surface area contributed by atoms with Crippen molar-refractivity contribution in [2.24, 2.45) is 0 Å². The van der Waals surface area contributed by atoms with Crippen LogP contribution in [-0.2, 0) is 6.54 Å². The molecular weight excluding hydrogens is 311 g/mol. The van der Waals surface area contributed by atoms with E-state index in [9.17, 15) is 0 Å². The highest BCUT2D eigenvalue weighted by atomic mass is 35.5. The van der Waals surface area contributed by atoms with E-state index >= 15 is 0 Å². The van der Waals surface area contributed by atoms with Gasteiger partial charge in [-0.2, -0.15) is 0 Å². The van der Waals surface area contributed by atoms with E-state index < -0.39 is 0 Å². The van der Waals surface area contributed by atoms with Crippen LogP contribution in [0.1, 0.15) is 12.5 Å². The average Bonchev–Trinajstić information content (AvgIpc) is 2.49. The fraction of sp³-hybridized carbons (Fsp3) is 0.286. The molecule has 2 N–H and O–H groups in total. The molecule has 0 saturated carbocycles. The first-order valence-electron chi connectivity index (χ1n) is 6.46. The number of ether oxygens (including phenoxy) is 1. The molecule has 2 heterocycles. The maximum atomic E-state index is 6.15. The zero-order valence-electron chi connectivity index (χ0n) is 11.8. The zero-order valence-corrected chi connectivity index (χ0v) is 13.3. The quantitative estimate of drug-likeness (QED) is 0.844. The third kappa shape index (κ3) is 4.12. The van der Waals surface area contributed by atoms with Gasteiger partial charge in [0.15, 0.2) is 0 Å². The molecule has 0 aliphatic rings. The van der Waals surface area contributed by atoms with Gasteiger partial charge in [0.2, 0.25) is 5.88 Å². The number of hydrogen-bond acceptors (Lipinski definition) is 5. The normalized spacial score (nSPS) is 10.3. The SMILES string of the molecule is CCNc1nc(NCc2ccnc(OC)c2)c(Cl)cc1Cl. The van der Waals surface area contributed by atoms with Gasteiger partial charge in [0.25, 0.3) is 0 Å². The first kappa shape index (κ1) is 15.7. The van der Waals surface area contributed by atoms with Gasteiger partial charge < -0.3 is 15.4 Å². The lowest BCUT2D eigenvalue weighted by molar-refractivity contribution is 0.397. The van der Waals surface area contributed by atoms with E-state index in [4.69, 9.17) is 27.9 Å². The Kier molecular flexibility index (Phi) is 5.47. The molecule has 2 aromatic heterocycles. The van der Waals surface area contributed by atoms with Crippen LogP contribution < -0.4 is 15.4 Å². The van der Waals surface area contributed by atoms with Crippen molar-refractivity contribution in [1.82, 2.24) is 9.97 Å². The third-order valence-corrected chi connectivity index (χ3v) is 3.32. The molecule has 0 atom stereocenters. The Morgan fingerprint density at radius 1 is 1.14 bits per heavy atom. The van der Waals surface area contributed by atoms with Gasteiger partial charge in [-0.25, -0.2) is 9.97 Å². The van der Waals surface area contributed by atoms with Crippen molar-refractivity contribution in [2.45, 2.75) is 13.5 Å². The van der Waals surface area contributed by atoms with Crippen LogP contribution in [-0.4, -0.2) is 23.6 Å². The molecular formula is C14H16Cl2N4O. The number of pyridine rings is 2. The molecule has 0 bridgehead atoms. The topological polar surface area (TPSA) is 59.1 Å². The summed E-state index contributed by atoms with van der Waals surface area (Å²) in [5.41, 5.74) is 1.01. The van der Waals surface area contributed by atoms with E-state index in [1.165, 1.54) is 0 Å². The number of methoxy groups -OCH3 is 1. The van der Waals surface area contributed by atoms with E-state index in [0.717, 1.165) is 12.1 Å². The van der Waals surface area contributed by atoms with Crippen molar-refractivity contribution in [3.63, 3.8) is 0 Å². The Labute approximate surface area is 133 Å². The number of hydrogen-bond donors (Lipinski definition) is 2. The summed E-state index contributed by atoms with van der Waals surface area (Å²) in [6.45, 7) is 3.26. The van der Waals surface area contributed by atoms with Crippen molar-refractivity contribution in [3.05, 3.63) is 40.0 Å². The lowest BCUT2D eigenvalue weighted by Gasteiger charge is -2.12. The fourth-order valence-corrected chi connectivity index (χ4v) is 2.23. The minimum Gasteiger partial charge on any atom is -0.481 e. The number of aromatic nitrogens is 2. The molecule has 112 valence electrons. The van der Waals surface area contributed by atoms with Gasteiger partial charge in [-0.15, -0.1) is 0 Å². The van der Waals surface area contributed by atoms with Crippen LogP contribution in [0, 0.1) is 0 Å². The predicted molar refractivity (Wildman–Crippen MR) is 86.5 cm³/mol. The molecule has 0 aromatic carbocycles. The number of halogens is 2. The monoisotopic (exact) mass is 326 g/mol. The minimum absolute atomic E-state index is 0.475. The molecule has 0 saturated heterocycles. The highest BCUT2D eigenvalue weighted by Crippen LogP contribution is 2.29. The average molecular weight is 327 g/mol. The van der Waals surface area contributed by atoms with Crippen LogP contribution in [0.3, 0.4) is 0 Å². The highest BCUT2D eigenvalue weighted by molar-refractivity contribution is 6.37. The Balaban J connectivity index is 2.13. The number of anilines is 2. The minimum atomic E-state index is 0.475.